The summed E-state index contributed by atoms with van der Waals surface area (Å²) in [5.74, 6) is -1.94. The molecule has 1 aliphatic heterocycles. The number of rotatable bonds is 7. The fourth-order valence-electron chi connectivity index (χ4n) is 5.79. The first-order valence-electron chi connectivity index (χ1n) is 17.1. The Labute approximate surface area is 313 Å². The lowest BCUT2D eigenvalue weighted by Crippen LogP contribution is -2.35. The third-order valence-electron chi connectivity index (χ3n) is 8.70. The monoisotopic (exact) mass is 764 g/mol. The van der Waals surface area contributed by atoms with Gasteiger partial charge in [-0.25, -0.2) is 9.59 Å². The molecule has 0 saturated heterocycles. The lowest BCUT2D eigenvalue weighted by molar-refractivity contribution is -0.138. The number of alkyl halides is 6. The molecule has 0 aliphatic carbocycles. The predicted molar refractivity (Wildman–Crippen MR) is 197 cm³/mol. The Hall–Kier alpha value is -6.11. The van der Waals surface area contributed by atoms with Gasteiger partial charge in [-0.1, -0.05) is 80.1 Å². The summed E-state index contributed by atoms with van der Waals surface area (Å²) in [4.78, 5) is 36.0. The second-order valence-corrected chi connectivity index (χ2v) is 12.5. The van der Waals surface area contributed by atoms with Crippen molar-refractivity contribution in [2.75, 3.05) is 12.3 Å². The molecule has 5 aromatic rings. The van der Waals surface area contributed by atoms with Gasteiger partial charge < -0.3 is 20.8 Å². The number of hydrogen-bond donors (Lipinski definition) is 3. The largest absolute Gasteiger partial charge is 0.478 e. The zero-order valence-electron chi connectivity index (χ0n) is 29.6. The molecule has 1 amide bonds. The van der Waals surface area contributed by atoms with Gasteiger partial charge in [0.2, 0.25) is 5.91 Å². The number of fused-ring (bicyclic) bond motifs is 1. The number of anilines is 1. The number of carboxylic acids is 2. The van der Waals surface area contributed by atoms with Crippen molar-refractivity contribution in [3.8, 4) is 22.3 Å². The molecule has 0 spiro atoms. The predicted octanol–water partition coefficient (Wildman–Crippen LogP) is 10.5. The van der Waals surface area contributed by atoms with Gasteiger partial charge in [0.1, 0.15) is 0 Å². The molecule has 0 saturated carbocycles. The van der Waals surface area contributed by atoms with Gasteiger partial charge in [0.25, 0.3) is 0 Å². The molecule has 13 heteroatoms. The highest BCUT2D eigenvalue weighted by Gasteiger charge is 2.31. The van der Waals surface area contributed by atoms with Crippen LogP contribution in [0.5, 0.6) is 0 Å². The summed E-state index contributed by atoms with van der Waals surface area (Å²) in [6.07, 6.45) is -5.12. The summed E-state index contributed by atoms with van der Waals surface area (Å²) in [5, 5.41) is 18.1. The standard InChI is InChI=1S/2C14H9F3O2.C14H20N2O/c2*15-14(16,17)10-7-5-9(6-8-10)11-3-1-2-4-12(11)13(18)19;1-2-3-4-14(17)16-8-7-11-9-13(15)6-5-12(11)10-16/h2*1-8H,(H,18,19);5-6,9H,2-4,7-8,10,15H2,1H3. The van der Waals surface area contributed by atoms with E-state index >= 15 is 0 Å². The number of unbranched alkanes of at least 4 members (excludes halogenated alkanes) is 1. The number of aromatic carboxylic acids is 2. The molecular weight excluding hydrogens is 726 g/mol. The van der Waals surface area contributed by atoms with Crippen LogP contribution in [0.15, 0.2) is 115 Å². The average Bonchev–Trinajstić information content (AvgIpc) is 3.16. The molecule has 6 rings (SSSR count). The first-order valence-corrected chi connectivity index (χ1v) is 17.1. The number of nitrogens with zero attached hydrogens (tertiary/aromatic N) is 1. The van der Waals surface area contributed by atoms with Crippen molar-refractivity contribution < 1.29 is 50.9 Å². The van der Waals surface area contributed by atoms with Crippen molar-refractivity contribution in [1.29, 1.82) is 0 Å². The van der Waals surface area contributed by atoms with Crippen molar-refractivity contribution >= 4 is 23.5 Å². The van der Waals surface area contributed by atoms with Crippen molar-refractivity contribution in [3.63, 3.8) is 0 Å². The molecule has 55 heavy (non-hydrogen) atoms. The minimum Gasteiger partial charge on any atom is -0.478 e. The van der Waals surface area contributed by atoms with E-state index in [4.69, 9.17) is 15.9 Å². The quantitative estimate of drug-likeness (QED) is 0.112. The highest BCUT2D eigenvalue weighted by molar-refractivity contribution is 5.96. The van der Waals surface area contributed by atoms with E-state index in [1.54, 1.807) is 36.4 Å². The van der Waals surface area contributed by atoms with E-state index in [2.05, 4.69) is 6.92 Å². The molecule has 4 N–H and O–H groups in total. The third-order valence-corrected chi connectivity index (χ3v) is 8.70. The van der Waals surface area contributed by atoms with E-state index in [1.165, 1.54) is 47.5 Å². The molecule has 0 unspecified atom stereocenters. The summed E-state index contributed by atoms with van der Waals surface area (Å²) < 4.78 is 74.6. The van der Waals surface area contributed by atoms with Crippen LogP contribution in [0.25, 0.3) is 22.3 Å². The maximum absolute atomic E-state index is 12.4. The van der Waals surface area contributed by atoms with Gasteiger partial charge in [0, 0.05) is 25.2 Å². The molecule has 1 aliphatic rings. The Bertz CT molecular complexity index is 1990. The van der Waals surface area contributed by atoms with Gasteiger partial charge in [0.05, 0.1) is 22.3 Å². The molecule has 0 radical (unpaired) electrons. The smallest absolute Gasteiger partial charge is 0.416 e. The molecular formula is C42H38F6N2O5. The molecule has 0 aromatic heterocycles. The lowest BCUT2D eigenvalue weighted by Gasteiger charge is -2.29. The number of benzene rings is 5. The van der Waals surface area contributed by atoms with Crippen LogP contribution in [0.4, 0.5) is 32.0 Å². The molecule has 7 nitrogen and oxygen atoms in total. The summed E-state index contributed by atoms with van der Waals surface area (Å²) >= 11 is 0. The number of nitrogens with two attached hydrogens (primary N) is 1. The van der Waals surface area contributed by atoms with Crippen LogP contribution in [0.2, 0.25) is 0 Å². The molecule has 1 heterocycles. The number of halogens is 6. The zero-order valence-corrected chi connectivity index (χ0v) is 29.6. The number of carbonyl (C=O) groups excluding carboxylic acids is 1. The Kier molecular flexibility index (Phi) is 13.8. The topological polar surface area (TPSA) is 121 Å². The molecule has 5 aromatic carbocycles. The van der Waals surface area contributed by atoms with Gasteiger partial charge in [-0.05, 0) is 94.8 Å². The number of amides is 1. The van der Waals surface area contributed by atoms with Gasteiger partial charge >= 0.3 is 24.3 Å². The third kappa shape index (κ3) is 11.4. The highest BCUT2D eigenvalue weighted by Crippen LogP contribution is 2.33. The fraction of sp³-hybridized carbons (Fsp3) is 0.214. The number of carboxylic acid groups (broad SMARTS) is 2. The molecule has 0 bridgehead atoms. The van der Waals surface area contributed by atoms with Crippen molar-refractivity contribution in [2.24, 2.45) is 0 Å². The normalized spacial score (nSPS) is 12.3. The van der Waals surface area contributed by atoms with Crippen molar-refractivity contribution in [1.82, 2.24) is 4.90 Å². The number of nitrogen functional groups attached to an aromatic ring is 1. The zero-order chi connectivity index (χ0) is 40.3. The Balaban J connectivity index is 0.000000184. The van der Waals surface area contributed by atoms with Crippen LogP contribution >= 0.6 is 0 Å². The van der Waals surface area contributed by atoms with E-state index in [0.29, 0.717) is 28.7 Å². The first kappa shape index (κ1) is 41.6. The summed E-state index contributed by atoms with van der Waals surface area (Å²) in [7, 11) is 0. The van der Waals surface area contributed by atoms with Gasteiger partial charge in [-0.2, -0.15) is 26.3 Å². The minimum atomic E-state index is -4.40. The van der Waals surface area contributed by atoms with Crippen LogP contribution in [0.3, 0.4) is 0 Å². The van der Waals surface area contributed by atoms with Crippen LogP contribution in [-0.2, 0) is 30.1 Å². The van der Waals surface area contributed by atoms with E-state index in [9.17, 15) is 40.7 Å². The maximum Gasteiger partial charge on any atom is 0.416 e. The van der Waals surface area contributed by atoms with Gasteiger partial charge in [-0.15, -0.1) is 0 Å². The van der Waals surface area contributed by atoms with Gasteiger partial charge in [0.15, 0.2) is 0 Å². The lowest BCUT2D eigenvalue weighted by atomic mass is 9.99. The van der Waals surface area contributed by atoms with Gasteiger partial charge in [-0.3, -0.25) is 4.79 Å². The molecule has 288 valence electrons. The molecule has 0 fully saturated rings. The van der Waals surface area contributed by atoms with Crippen LogP contribution in [0.1, 0.15) is 69.2 Å². The SMILES string of the molecule is CCCCC(=O)N1CCc2cc(N)ccc2C1.O=C(O)c1ccccc1-c1ccc(C(F)(F)F)cc1.O=C(O)c1ccccc1-c1ccc(C(F)(F)F)cc1. The van der Waals surface area contributed by atoms with E-state index < -0.39 is 35.4 Å². The maximum atomic E-state index is 12.4. The Morgan fingerprint density at radius 1 is 0.655 bits per heavy atom. The number of hydrogen-bond acceptors (Lipinski definition) is 4. The highest BCUT2D eigenvalue weighted by atomic mass is 19.4. The summed E-state index contributed by atoms with van der Waals surface area (Å²) in [5.41, 5.74) is 9.37. The fourth-order valence-corrected chi connectivity index (χ4v) is 5.79. The van der Waals surface area contributed by atoms with E-state index in [1.807, 2.05) is 23.1 Å². The van der Waals surface area contributed by atoms with Crippen molar-refractivity contribution in [3.05, 3.63) is 149 Å². The van der Waals surface area contributed by atoms with Crippen LogP contribution < -0.4 is 5.73 Å². The van der Waals surface area contributed by atoms with Crippen molar-refractivity contribution in [2.45, 2.75) is 51.5 Å². The Morgan fingerprint density at radius 2 is 1.11 bits per heavy atom. The van der Waals surface area contributed by atoms with E-state index in [0.717, 1.165) is 62.3 Å². The average molecular weight is 765 g/mol. The second kappa shape index (κ2) is 18.3. The molecule has 0 atom stereocenters. The summed E-state index contributed by atoms with van der Waals surface area (Å²) in [6.45, 7) is 3.69. The van der Waals surface area contributed by atoms with Crippen LogP contribution in [0, 0.1) is 0 Å². The number of carbonyl (C=O) groups is 3. The Morgan fingerprint density at radius 3 is 1.53 bits per heavy atom. The van der Waals surface area contributed by atoms with E-state index in [-0.39, 0.29) is 17.0 Å². The first-order chi connectivity index (χ1) is 26.0. The minimum absolute atomic E-state index is 0.0576. The van der Waals surface area contributed by atoms with Crippen LogP contribution in [-0.4, -0.2) is 39.5 Å². The second-order valence-electron chi connectivity index (χ2n) is 12.5. The summed E-state index contributed by atoms with van der Waals surface area (Å²) in [6, 6.07) is 27.2.